The van der Waals surface area contributed by atoms with Crippen molar-refractivity contribution in [3.05, 3.63) is 35.9 Å². The Balaban J connectivity index is 1.89. The molecular formula is C17H28N4O. The molecule has 3 N–H and O–H groups in total. The second kappa shape index (κ2) is 7.61. The summed E-state index contributed by atoms with van der Waals surface area (Å²) in [5, 5.41) is 3.62. The third-order valence-electron chi connectivity index (χ3n) is 3.88. The molecule has 5 nitrogen and oxygen atoms in total. The van der Waals surface area contributed by atoms with Gasteiger partial charge in [-0.15, -0.1) is 0 Å². The number of hydrogen-bond donors (Lipinski definition) is 2. The summed E-state index contributed by atoms with van der Waals surface area (Å²) in [5.74, 6) is 0.616. The van der Waals surface area contributed by atoms with Crippen molar-refractivity contribution in [3.8, 4) is 0 Å². The summed E-state index contributed by atoms with van der Waals surface area (Å²) in [6, 6.07) is 10.7. The smallest absolute Gasteiger partial charge is 0.191 e. The average molecular weight is 304 g/mol. The lowest BCUT2D eigenvalue weighted by molar-refractivity contribution is 0.0673. The molecule has 1 aromatic rings. The first-order valence-electron chi connectivity index (χ1n) is 7.93. The van der Waals surface area contributed by atoms with E-state index >= 15 is 0 Å². The molecule has 1 aromatic carbocycles. The van der Waals surface area contributed by atoms with Crippen LogP contribution in [0.25, 0.3) is 0 Å². The predicted molar refractivity (Wildman–Crippen MR) is 91.0 cm³/mol. The minimum Gasteiger partial charge on any atom is -0.378 e. The van der Waals surface area contributed by atoms with Gasteiger partial charge in [0, 0.05) is 24.7 Å². The van der Waals surface area contributed by atoms with Gasteiger partial charge in [0.1, 0.15) is 0 Å². The van der Waals surface area contributed by atoms with E-state index in [0.29, 0.717) is 12.5 Å². The maximum Gasteiger partial charge on any atom is 0.191 e. The van der Waals surface area contributed by atoms with E-state index in [1.165, 1.54) is 5.56 Å². The number of nitrogens with one attached hydrogen (secondary N) is 1. The molecule has 1 fully saturated rings. The van der Waals surface area contributed by atoms with E-state index in [0.717, 1.165) is 26.3 Å². The molecule has 0 spiro atoms. The van der Waals surface area contributed by atoms with Crippen molar-refractivity contribution in [2.45, 2.75) is 32.4 Å². The Morgan fingerprint density at radius 2 is 1.95 bits per heavy atom. The molecule has 0 radical (unpaired) electrons. The lowest BCUT2D eigenvalue weighted by Gasteiger charge is -2.31. The first-order valence-corrected chi connectivity index (χ1v) is 7.93. The molecule has 1 heterocycles. The van der Waals surface area contributed by atoms with Gasteiger partial charge >= 0.3 is 0 Å². The third-order valence-corrected chi connectivity index (χ3v) is 3.88. The SMILES string of the molecule is CC(NC(C)(C)CN=C(N)N1CCOCC1)c1ccccc1. The zero-order chi connectivity index (χ0) is 16.0. The van der Waals surface area contributed by atoms with E-state index in [4.69, 9.17) is 10.5 Å². The van der Waals surface area contributed by atoms with Crippen LogP contribution in [0.4, 0.5) is 0 Å². The van der Waals surface area contributed by atoms with Crippen molar-refractivity contribution < 1.29 is 4.74 Å². The van der Waals surface area contributed by atoms with E-state index in [2.05, 4.69) is 60.2 Å². The van der Waals surface area contributed by atoms with Crippen LogP contribution in [0.5, 0.6) is 0 Å². The van der Waals surface area contributed by atoms with Gasteiger partial charge in [0.25, 0.3) is 0 Å². The van der Waals surface area contributed by atoms with Gasteiger partial charge < -0.3 is 20.7 Å². The quantitative estimate of drug-likeness (QED) is 0.643. The van der Waals surface area contributed by atoms with Crippen LogP contribution in [0.15, 0.2) is 35.3 Å². The molecule has 122 valence electrons. The zero-order valence-corrected chi connectivity index (χ0v) is 13.9. The van der Waals surface area contributed by atoms with E-state index in [1.54, 1.807) is 0 Å². The maximum atomic E-state index is 6.09. The number of ether oxygens (including phenoxy) is 1. The summed E-state index contributed by atoms with van der Waals surface area (Å²) in [5.41, 5.74) is 7.25. The Labute approximate surface area is 133 Å². The fourth-order valence-corrected chi connectivity index (χ4v) is 2.63. The summed E-state index contributed by atoms with van der Waals surface area (Å²) < 4.78 is 5.33. The van der Waals surface area contributed by atoms with Crippen LogP contribution < -0.4 is 11.1 Å². The van der Waals surface area contributed by atoms with Gasteiger partial charge in [-0.05, 0) is 26.3 Å². The highest BCUT2D eigenvalue weighted by atomic mass is 16.5. The molecule has 0 aromatic heterocycles. The highest BCUT2D eigenvalue weighted by Crippen LogP contribution is 2.16. The fraction of sp³-hybridized carbons (Fsp3) is 0.588. The van der Waals surface area contributed by atoms with Crippen molar-refractivity contribution in [3.63, 3.8) is 0 Å². The van der Waals surface area contributed by atoms with E-state index < -0.39 is 0 Å². The van der Waals surface area contributed by atoms with Crippen molar-refractivity contribution in [1.29, 1.82) is 0 Å². The van der Waals surface area contributed by atoms with Gasteiger partial charge in [0.2, 0.25) is 0 Å². The van der Waals surface area contributed by atoms with Crippen LogP contribution in [-0.2, 0) is 4.74 Å². The molecular weight excluding hydrogens is 276 g/mol. The number of benzene rings is 1. The molecule has 1 unspecified atom stereocenters. The minimum absolute atomic E-state index is 0.119. The summed E-state index contributed by atoms with van der Waals surface area (Å²) in [4.78, 5) is 6.65. The van der Waals surface area contributed by atoms with E-state index in [9.17, 15) is 0 Å². The Morgan fingerprint density at radius 1 is 1.32 bits per heavy atom. The summed E-state index contributed by atoms with van der Waals surface area (Å²) in [6.07, 6.45) is 0. The zero-order valence-electron chi connectivity index (χ0n) is 13.9. The molecule has 0 bridgehead atoms. The third kappa shape index (κ3) is 5.00. The average Bonchev–Trinajstić information content (AvgIpc) is 2.54. The second-order valence-corrected chi connectivity index (χ2v) is 6.43. The number of nitrogens with zero attached hydrogens (tertiary/aromatic N) is 2. The lowest BCUT2D eigenvalue weighted by Crippen LogP contribution is -2.47. The van der Waals surface area contributed by atoms with Crippen LogP contribution in [0.3, 0.4) is 0 Å². The minimum atomic E-state index is -0.119. The van der Waals surface area contributed by atoms with Crippen molar-refractivity contribution in [1.82, 2.24) is 10.2 Å². The largest absolute Gasteiger partial charge is 0.378 e. The van der Waals surface area contributed by atoms with Crippen LogP contribution >= 0.6 is 0 Å². The molecule has 0 amide bonds. The van der Waals surface area contributed by atoms with Gasteiger partial charge in [-0.3, -0.25) is 4.99 Å². The topological polar surface area (TPSA) is 62.9 Å². The fourth-order valence-electron chi connectivity index (χ4n) is 2.63. The van der Waals surface area contributed by atoms with Crippen LogP contribution in [-0.4, -0.2) is 49.2 Å². The molecule has 0 aliphatic carbocycles. The molecule has 22 heavy (non-hydrogen) atoms. The normalized spacial score (nSPS) is 18.3. The summed E-state index contributed by atoms with van der Waals surface area (Å²) in [7, 11) is 0. The number of nitrogens with two attached hydrogens (primary N) is 1. The molecule has 1 aliphatic rings. The first kappa shape index (κ1) is 16.8. The summed E-state index contributed by atoms with van der Waals surface area (Å²) in [6.45, 7) is 10.2. The predicted octanol–water partition coefficient (Wildman–Crippen LogP) is 1.76. The van der Waals surface area contributed by atoms with Crippen LogP contribution in [0.2, 0.25) is 0 Å². The molecule has 5 heteroatoms. The van der Waals surface area contributed by atoms with E-state index in [-0.39, 0.29) is 11.6 Å². The monoisotopic (exact) mass is 304 g/mol. The molecule has 2 rings (SSSR count). The Morgan fingerprint density at radius 3 is 2.59 bits per heavy atom. The number of rotatable bonds is 5. The number of morpholine rings is 1. The van der Waals surface area contributed by atoms with Gasteiger partial charge in [-0.1, -0.05) is 30.3 Å². The highest BCUT2D eigenvalue weighted by molar-refractivity contribution is 5.78. The number of hydrogen-bond acceptors (Lipinski definition) is 3. The number of guanidine groups is 1. The van der Waals surface area contributed by atoms with Gasteiger partial charge in [0.15, 0.2) is 5.96 Å². The molecule has 0 saturated carbocycles. The Kier molecular flexibility index (Phi) is 5.80. The van der Waals surface area contributed by atoms with Crippen molar-refractivity contribution in [2.24, 2.45) is 10.7 Å². The van der Waals surface area contributed by atoms with Crippen molar-refractivity contribution in [2.75, 3.05) is 32.8 Å². The van der Waals surface area contributed by atoms with Crippen LogP contribution in [0.1, 0.15) is 32.4 Å². The van der Waals surface area contributed by atoms with Gasteiger partial charge in [-0.25, -0.2) is 0 Å². The van der Waals surface area contributed by atoms with Crippen molar-refractivity contribution >= 4 is 5.96 Å². The highest BCUT2D eigenvalue weighted by Gasteiger charge is 2.21. The molecule has 1 atom stereocenters. The summed E-state index contributed by atoms with van der Waals surface area (Å²) >= 11 is 0. The first-order chi connectivity index (χ1) is 10.5. The maximum absolute atomic E-state index is 6.09. The van der Waals surface area contributed by atoms with E-state index in [1.807, 2.05) is 6.07 Å². The molecule has 1 aliphatic heterocycles. The Hall–Kier alpha value is -1.59. The lowest BCUT2D eigenvalue weighted by atomic mass is 10.0. The van der Waals surface area contributed by atoms with Gasteiger partial charge in [0.05, 0.1) is 19.8 Å². The van der Waals surface area contributed by atoms with Crippen LogP contribution in [0, 0.1) is 0 Å². The second-order valence-electron chi connectivity index (χ2n) is 6.43. The number of aliphatic imine (C=N–C) groups is 1. The standard InChI is InChI=1S/C17H28N4O/c1-14(15-7-5-4-6-8-15)20-17(2,3)13-19-16(18)21-9-11-22-12-10-21/h4-8,14,20H,9-13H2,1-3H3,(H2,18,19). The van der Waals surface area contributed by atoms with Gasteiger partial charge in [-0.2, -0.15) is 0 Å². The molecule has 1 saturated heterocycles. The Bertz CT molecular complexity index is 481.